The van der Waals surface area contributed by atoms with E-state index < -0.39 is 47.0 Å². The molecule has 0 aliphatic heterocycles. The highest BCUT2D eigenvalue weighted by Crippen LogP contribution is 2.57. The van der Waals surface area contributed by atoms with Gasteiger partial charge in [0.2, 0.25) is 23.3 Å². The standard InChI is InChI=1S/C8F12/c9-1-2(10)6(15,16)8(19,20)4(12)3(11)7(17,18)5(1,13)14. The minimum absolute atomic E-state index is 4.32. The molecule has 20 heavy (non-hydrogen) atoms. The number of hydrogen-bond acceptors (Lipinski definition) is 0. The fourth-order valence-electron chi connectivity index (χ4n) is 1.10. The van der Waals surface area contributed by atoms with Crippen LogP contribution in [-0.2, 0) is 0 Å². The zero-order chi connectivity index (χ0) is 16.3. The zero-order valence-electron chi connectivity index (χ0n) is 8.54. The van der Waals surface area contributed by atoms with E-state index in [1.807, 2.05) is 0 Å². The largest absolute Gasteiger partial charge is 0.370 e. The Hall–Kier alpha value is -1.36. The molecule has 0 saturated carbocycles. The lowest BCUT2D eigenvalue weighted by molar-refractivity contribution is -0.217. The molecule has 1 rings (SSSR count). The highest BCUT2D eigenvalue weighted by Gasteiger charge is 2.75. The van der Waals surface area contributed by atoms with Gasteiger partial charge >= 0.3 is 23.7 Å². The predicted molar refractivity (Wildman–Crippen MR) is 38.3 cm³/mol. The van der Waals surface area contributed by atoms with Crippen LogP contribution in [0.5, 0.6) is 0 Å². The van der Waals surface area contributed by atoms with Crippen LogP contribution in [0.4, 0.5) is 52.7 Å². The molecule has 0 radical (unpaired) electrons. The second kappa shape index (κ2) is 4.07. The molecule has 1 aliphatic carbocycles. The van der Waals surface area contributed by atoms with E-state index in [-0.39, 0.29) is 0 Å². The smallest absolute Gasteiger partial charge is 0.202 e. The molecular weight excluding hydrogens is 324 g/mol. The van der Waals surface area contributed by atoms with E-state index in [1.54, 1.807) is 0 Å². The molecule has 12 heteroatoms. The van der Waals surface area contributed by atoms with Gasteiger partial charge in [-0.05, 0) is 0 Å². The van der Waals surface area contributed by atoms with Crippen molar-refractivity contribution < 1.29 is 52.7 Å². The van der Waals surface area contributed by atoms with E-state index in [0.717, 1.165) is 0 Å². The van der Waals surface area contributed by atoms with Crippen LogP contribution in [0.3, 0.4) is 0 Å². The maximum Gasteiger partial charge on any atom is 0.370 e. The first-order chi connectivity index (χ1) is 8.63. The predicted octanol–water partition coefficient (Wildman–Crippen LogP) is 4.84. The molecule has 0 heterocycles. The molecule has 0 aromatic heterocycles. The van der Waals surface area contributed by atoms with Crippen molar-refractivity contribution in [3.8, 4) is 0 Å². The lowest BCUT2D eigenvalue weighted by atomic mass is 9.97. The molecule has 116 valence electrons. The van der Waals surface area contributed by atoms with Crippen molar-refractivity contribution >= 4 is 0 Å². The third-order valence-corrected chi connectivity index (χ3v) is 2.28. The van der Waals surface area contributed by atoms with E-state index >= 15 is 0 Å². The van der Waals surface area contributed by atoms with Gasteiger partial charge in [0, 0.05) is 0 Å². The van der Waals surface area contributed by atoms with Crippen molar-refractivity contribution in [2.45, 2.75) is 23.7 Å². The summed E-state index contributed by atoms with van der Waals surface area (Å²) in [6, 6.07) is 0. The first-order valence-corrected chi connectivity index (χ1v) is 4.27. The van der Waals surface area contributed by atoms with E-state index in [4.69, 9.17) is 0 Å². The van der Waals surface area contributed by atoms with Crippen LogP contribution in [0.25, 0.3) is 0 Å². The molecule has 0 aromatic rings. The molecule has 0 spiro atoms. The van der Waals surface area contributed by atoms with Crippen LogP contribution < -0.4 is 0 Å². The summed E-state index contributed by atoms with van der Waals surface area (Å²) in [6.07, 6.45) is 0. The molecule has 0 fully saturated rings. The average Bonchev–Trinajstić information content (AvgIpc) is 2.33. The number of hydrogen-bond donors (Lipinski definition) is 0. The summed E-state index contributed by atoms with van der Waals surface area (Å²) in [5.74, 6) is -43.8. The van der Waals surface area contributed by atoms with Gasteiger partial charge in [0.25, 0.3) is 0 Å². The minimum Gasteiger partial charge on any atom is -0.202 e. The fraction of sp³-hybridized carbons (Fsp3) is 0.500. The Morgan fingerprint density at radius 2 is 0.450 bits per heavy atom. The molecule has 0 nitrogen and oxygen atoms in total. The van der Waals surface area contributed by atoms with Gasteiger partial charge in [-0.3, -0.25) is 0 Å². The first kappa shape index (κ1) is 16.7. The lowest BCUT2D eigenvalue weighted by Gasteiger charge is -2.31. The highest BCUT2D eigenvalue weighted by atomic mass is 19.3. The fourth-order valence-corrected chi connectivity index (χ4v) is 1.10. The van der Waals surface area contributed by atoms with Crippen molar-refractivity contribution in [3.63, 3.8) is 0 Å². The lowest BCUT2D eigenvalue weighted by Crippen LogP contribution is -2.51. The van der Waals surface area contributed by atoms with Gasteiger partial charge in [0.1, 0.15) is 0 Å². The van der Waals surface area contributed by atoms with Crippen molar-refractivity contribution in [1.29, 1.82) is 0 Å². The van der Waals surface area contributed by atoms with Crippen LogP contribution in [0.15, 0.2) is 23.3 Å². The molecule has 0 amide bonds. The Kier molecular flexibility index (Phi) is 3.40. The Labute approximate surface area is 101 Å². The van der Waals surface area contributed by atoms with Gasteiger partial charge in [-0.2, -0.15) is 35.1 Å². The molecule has 0 N–H and O–H groups in total. The molecule has 0 atom stereocenters. The van der Waals surface area contributed by atoms with Gasteiger partial charge in [0.15, 0.2) is 0 Å². The van der Waals surface area contributed by atoms with Gasteiger partial charge in [-0.1, -0.05) is 0 Å². The SMILES string of the molecule is FC1=C(F)C(F)(F)C(F)(F)C(F)=C(F)C(F)(F)C1(F)F. The quantitative estimate of drug-likeness (QED) is 0.559. The van der Waals surface area contributed by atoms with Gasteiger partial charge in [-0.25, -0.2) is 17.6 Å². The maximum atomic E-state index is 12.6. The summed E-state index contributed by atoms with van der Waals surface area (Å²) in [7, 11) is 0. The number of allylic oxidation sites excluding steroid dienone is 4. The monoisotopic (exact) mass is 324 g/mol. The van der Waals surface area contributed by atoms with Gasteiger partial charge in [-0.15, -0.1) is 0 Å². The summed E-state index contributed by atoms with van der Waals surface area (Å²) in [5, 5.41) is 0. The van der Waals surface area contributed by atoms with E-state index in [9.17, 15) is 52.7 Å². The minimum atomic E-state index is -6.63. The topological polar surface area (TPSA) is 0 Å². The number of rotatable bonds is 0. The molecule has 0 saturated heterocycles. The molecule has 0 aromatic carbocycles. The third kappa shape index (κ3) is 1.72. The van der Waals surface area contributed by atoms with E-state index in [1.165, 1.54) is 0 Å². The third-order valence-electron chi connectivity index (χ3n) is 2.28. The second-order valence-corrected chi connectivity index (χ2v) is 3.55. The van der Waals surface area contributed by atoms with Crippen molar-refractivity contribution in [1.82, 2.24) is 0 Å². The van der Waals surface area contributed by atoms with Crippen LogP contribution in [0.1, 0.15) is 0 Å². The Morgan fingerprint density at radius 3 is 0.550 bits per heavy atom. The Balaban J connectivity index is 3.87. The molecule has 0 bridgehead atoms. The normalized spacial score (nSPS) is 28.2. The summed E-state index contributed by atoms with van der Waals surface area (Å²) >= 11 is 0. The second-order valence-electron chi connectivity index (χ2n) is 3.55. The summed E-state index contributed by atoms with van der Waals surface area (Å²) < 4.78 is 151. The average molecular weight is 324 g/mol. The van der Waals surface area contributed by atoms with E-state index in [2.05, 4.69) is 0 Å². The zero-order valence-corrected chi connectivity index (χ0v) is 8.54. The van der Waals surface area contributed by atoms with Crippen LogP contribution in [0.2, 0.25) is 0 Å². The molecule has 1 aliphatic rings. The van der Waals surface area contributed by atoms with Crippen molar-refractivity contribution in [3.05, 3.63) is 23.3 Å². The summed E-state index contributed by atoms with van der Waals surface area (Å²) in [5.41, 5.74) is 0. The van der Waals surface area contributed by atoms with Crippen LogP contribution in [0, 0.1) is 0 Å². The molecular formula is C8F12. The number of halogens is 12. The highest BCUT2D eigenvalue weighted by molar-refractivity contribution is 5.35. The summed E-state index contributed by atoms with van der Waals surface area (Å²) in [6.45, 7) is 0. The number of alkyl halides is 8. The van der Waals surface area contributed by atoms with Gasteiger partial charge in [0.05, 0.1) is 0 Å². The van der Waals surface area contributed by atoms with Crippen molar-refractivity contribution in [2.75, 3.05) is 0 Å². The van der Waals surface area contributed by atoms with Crippen LogP contribution in [-0.4, -0.2) is 23.7 Å². The van der Waals surface area contributed by atoms with Gasteiger partial charge < -0.3 is 0 Å². The Morgan fingerprint density at radius 1 is 0.350 bits per heavy atom. The molecule has 0 unspecified atom stereocenters. The first-order valence-electron chi connectivity index (χ1n) is 4.27. The summed E-state index contributed by atoms with van der Waals surface area (Å²) in [4.78, 5) is 0. The Bertz CT molecular complexity index is 406. The van der Waals surface area contributed by atoms with Crippen molar-refractivity contribution in [2.24, 2.45) is 0 Å². The maximum absolute atomic E-state index is 12.6. The van der Waals surface area contributed by atoms with Crippen LogP contribution >= 0.6 is 0 Å². The van der Waals surface area contributed by atoms with E-state index in [0.29, 0.717) is 0 Å².